The fourth-order valence-corrected chi connectivity index (χ4v) is 2.51. The summed E-state index contributed by atoms with van der Waals surface area (Å²) >= 11 is 0. The molecule has 1 heterocycles. The minimum Gasteiger partial charge on any atom is -0.496 e. The van der Waals surface area contributed by atoms with Gasteiger partial charge >= 0.3 is 0 Å². The second kappa shape index (κ2) is 7.78. The second-order valence-electron chi connectivity index (χ2n) is 4.89. The van der Waals surface area contributed by atoms with E-state index in [-0.39, 0.29) is 12.4 Å². The SMILES string of the molecule is COc1ccc2ccccc2c1CNCc1ccccn1.Cl. The maximum atomic E-state index is 5.50. The number of nitrogens with one attached hydrogen (secondary N) is 1. The number of halogens is 1. The van der Waals surface area contributed by atoms with Crippen LogP contribution >= 0.6 is 12.4 Å². The fourth-order valence-electron chi connectivity index (χ4n) is 2.51. The van der Waals surface area contributed by atoms with Crippen molar-refractivity contribution in [1.82, 2.24) is 10.3 Å². The molecule has 0 spiro atoms. The minimum absolute atomic E-state index is 0. The Hall–Kier alpha value is -2.10. The lowest BCUT2D eigenvalue weighted by atomic mass is 10.0. The number of rotatable bonds is 5. The first kappa shape index (κ1) is 16.3. The zero-order valence-corrected chi connectivity index (χ0v) is 13.3. The molecule has 0 atom stereocenters. The van der Waals surface area contributed by atoms with E-state index in [0.717, 1.165) is 24.5 Å². The van der Waals surface area contributed by atoms with Gasteiger partial charge in [0.1, 0.15) is 5.75 Å². The van der Waals surface area contributed by atoms with Gasteiger partial charge in [0.15, 0.2) is 0 Å². The molecule has 0 unspecified atom stereocenters. The highest BCUT2D eigenvalue weighted by Crippen LogP contribution is 2.27. The fraction of sp³-hybridized carbons (Fsp3) is 0.167. The summed E-state index contributed by atoms with van der Waals surface area (Å²) in [6.45, 7) is 1.49. The first-order valence-corrected chi connectivity index (χ1v) is 7.04. The van der Waals surface area contributed by atoms with Crippen LogP contribution in [0.2, 0.25) is 0 Å². The molecule has 3 nitrogen and oxygen atoms in total. The summed E-state index contributed by atoms with van der Waals surface area (Å²) in [5.74, 6) is 0.919. The van der Waals surface area contributed by atoms with Crippen molar-refractivity contribution in [2.24, 2.45) is 0 Å². The molecule has 0 aliphatic heterocycles. The summed E-state index contributed by atoms with van der Waals surface area (Å²) in [5, 5.41) is 5.90. The lowest BCUT2D eigenvalue weighted by Gasteiger charge is -2.13. The minimum atomic E-state index is 0. The summed E-state index contributed by atoms with van der Waals surface area (Å²) in [5.41, 5.74) is 2.23. The number of ether oxygens (including phenoxy) is 1. The molecular weight excluding hydrogens is 296 g/mol. The third-order valence-electron chi connectivity index (χ3n) is 3.55. The lowest BCUT2D eigenvalue weighted by Crippen LogP contribution is -2.14. The van der Waals surface area contributed by atoms with Crippen LogP contribution in [0.5, 0.6) is 5.75 Å². The predicted octanol–water partition coefficient (Wildman–Crippen LogP) is 3.96. The van der Waals surface area contributed by atoms with Crippen molar-refractivity contribution >= 4 is 23.2 Å². The molecule has 1 aromatic heterocycles. The van der Waals surface area contributed by atoms with E-state index in [9.17, 15) is 0 Å². The Morgan fingerprint density at radius 2 is 1.77 bits per heavy atom. The Kier molecular flexibility index (Phi) is 5.75. The summed E-state index contributed by atoms with van der Waals surface area (Å²) in [7, 11) is 1.71. The third-order valence-corrected chi connectivity index (χ3v) is 3.55. The lowest BCUT2D eigenvalue weighted by molar-refractivity contribution is 0.408. The van der Waals surface area contributed by atoms with Crippen molar-refractivity contribution in [2.45, 2.75) is 13.1 Å². The highest BCUT2D eigenvalue weighted by Gasteiger charge is 2.07. The number of fused-ring (bicyclic) bond motifs is 1. The molecule has 0 aliphatic rings. The molecule has 2 aromatic carbocycles. The predicted molar refractivity (Wildman–Crippen MR) is 92.5 cm³/mol. The van der Waals surface area contributed by atoms with Crippen LogP contribution in [0, 0.1) is 0 Å². The van der Waals surface area contributed by atoms with Gasteiger partial charge in [-0.2, -0.15) is 0 Å². The Morgan fingerprint density at radius 3 is 2.55 bits per heavy atom. The molecule has 22 heavy (non-hydrogen) atoms. The van der Waals surface area contributed by atoms with E-state index in [0.29, 0.717) is 0 Å². The van der Waals surface area contributed by atoms with Crippen molar-refractivity contribution in [2.75, 3.05) is 7.11 Å². The molecule has 0 saturated carbocycles. The summed E-state index contributed by atoms with van der Waals surface area (Å²) in [6.07, 6.45) is 1.81. The number of hydrogen-bond acceptors (Lipinski definition) is 3. The quantitative estimate of drug-likeness (QED) is 0.774. The van der Waals surface area contributed by atoms with Gasteiger partial charge in [-0.05, 0) is 29.0 Å². The summed E-state index contributed by atoms with van der Waals surface area (Å²) in [6, 6.07) is 18.4. The van der Waals surface area contributed by atoms with Crippen LogP contribution in [0.4, 0.5) is 0 Å². The normalized spacial score (nSPS) is 10.2. The molecule has 0 saturated heterocycles. The molecule has 0 fully saturated rings. The zero-order chi connectivity index (χ0) is 14.5. The molecule has 0 amide bonds. The van der Waals surface area contributed by atoms with Crippen LogP contribution in [0.15, 0.2) is 60.8 Å². The highest BCUT2D eigenvalue weighted by molar-refractivity contribution is 5.87. The number of pyridine rings is 1. The number of methoxy groups -OCH3 is 1. The Bertz CT molecular complexity index is 731. The highest BCUT2D eigenvalue weighted by atomic mass is 35.5. The van der Waals surface area contributed by atoms with Crippen LogP contribution in [0.1, 0.15) is 11.3 Å². The van der Waals surface area contributed by atoms with Crippen molar-refractivity contribution < 1.29 is 4.74 Å². The molecule has 0 aliphatic carbocycles. The second-order valence-corrected chi connectivity index (χ2v) is 4.89. The van der Waals surface area contributed by atoms with Crippen molar-refractivity contribution in [3.8, 4) is 5.75 Å². The molecule has 3 aromatic rings. The Morgan fingerprint density at radius 1 is 0.955 bits per heavy atom. The van der Waals surface area contributed by atoms with E-state index in [1.54, 1.807) is 7.11 Å². The van der Waals surface area contributed by atoms with Crippen molar-refractivity contribution in [3.63, 3.8) is 0 Å². The summed E-state index contributed by atoms with van der Waals surface area (Å²) in [4.78, 5) is 4.32. The summed E-state index contributed by atoms with van der Waals surface area (Å²) < 4.78 is 5.50. The van der Waals surface area contributed by atoms with Gasteiger partial charge in [0.2, 0.25) is 0 Å². The van der Waals surface area contributed by atoms with Gasteiger partial charge in [0.25, 0.3) is 0 Å². The zero-order valence-electron chi connectivity index (χ0n) is 12.5. The first-order chi connectivity index (χ1) is 10.4. The van der Waals surface area contributed by atoms with Crippen LogP contribution in [0.25, 0.3) is 10.8 Å². The average molecular weight is 315 g/mol. The van der Waals surface area contributed by atoms with Crippen molar-refractivity contribution in [3.05, 3.63) is 72.1 Å². The number of nitrogens with zero attached hydrogens (tertiary/aromatic N) is 1. The number of hydrogen-bond donors (Lipinski definition) is 1. The van der Waals surface area contributed by atoms with Crippen LogP contribution in [-0.2, 0) is 13.1 Å². The molecule has 3 rings (SSSR count). The van der Waals surface area contributed by atoms with Crippen LogP contribution < -0.4 is 10.1 Å². The Labute approximate surface area is 136 Å². The van der Waals surface area contributed by atoms with E-state index in [4.69, 9.17) is 4.74 Å². The van der Waals surface area contributed by atoms with Crippen LogP contribution in [-0.4, -0.2) is 12.1 Å². The van der Waals surface area contributed by atoms with E-state index in [1.165, 1.54) is 16.3 Å². The topological polar surface area (TPSA) is 34.1 Å². The van der Waals surface area contributed by atoms with E-state index < -0.39 is 0 Å². The molecule has 114 valence electrons. The van der Waals surface area contributed by atoms with E-state index in [2.05, 4.69) is 40.6 Å². The van der Waals surface area contributed by atoms with Gasteiger partial charge in [-0.3, -0.25) is 4.98 Å². The maximum absolute atomic E-state index is 5.50. The first-order valence-electron chi connectivity index (χ1n) is 7.04. The molecule has 0 bridgehead atoms. The largest absolute Gasteiger partial charge is 0.496 e. The van der Waals surface area contributed by atoms with Crippen molar-refractivity contribution in [1.29, 1.82) is 0 Å². The van der Waals surface area contributed by atoms with E-state index >= 15 is 0 Å². The van der Waals surface area contributed by atoms with Gasteiger partial charge < -0.3 is 10.1 Å². The third kappa shape index (κ3) is 3.56. The van der Waals surface area contributed by atoms with Gasteiger partial charge in [-0.1, -0.05) is 36.4 Å². The van der Waals surface area contributed by atoms with Gasteiger partial charge in [0.05, 0.1) is 12.8 Å². The smallest absolute Gasteiger partial charge is 0.123 e. The number of benzene rings is 2. The monoisotopic (exact) mass is 314 g/mol. The molecular formula is C18H19ClN2O. The van der Waals surface area contributed by atoms with Gasteiger partial charge in [-0.15, -0.1) is 12.4 Å². The Balaban J connectivity index is 0.00000176. The van der Waals surface area contributed by atoms with Gasteiger partial charge in [-0.25, -0.2) is 0 Å². The van der Waals surface area contributed by atoms with Crippen LogP contribution in [0.3, 0.4) is 0 Å². The average Bonchev–Trinajstić information content (AvgIpc) is 2.56. The van der Waals surface area contributed by atoms with E-state index in [1.807, 2.05) is 30.5 Å². The molecule has 1 N–H and O–H groups in total. The van der Waals surface area contributed by atoms with Gasteiger partial charge in [0, 0.05) is 24.8 Å². The molecule has 4 heteroatoms. The maximum Gasteiger partial charge on any atom is 0.123 e. The molecule has 0 radical (unpaired) electrons. The standard InChI is InChI=1S/C18H18N2O.ClH/c1-21-18-10-9-14-6-2-3-8-16(14)17(18)13-19-12-15-7-4-5-11-20-15;/h2-11,19H,12-13H2,1H3;1H. The number of aromatic nitrogens is 1.